The molecule has 0 unspecified atom stereocenters. The number of halogens is 3. The second kappa shape index (κ2) is 7.92. The van der Waals surface area contributed by atoms with Crippen LogP contribution in [-0.4, -0.2) is 44.9 Å². The van der Waals surface area contributed by atoms with Crippen LogP contribution in [0, 0.1) is 0 Å². The summed E-state index contributed by atoms with van der Waals surface area (Å²) in [6, 6.07) is 4.96. The van der Waals surface area contributed by atoms with Crippen molar-refractivity contribution in [3.8, 4) is 0 Å². The van der Waals surface area contributed by atoms with Crippen LogP contribution in [-0.2, 0) is 12.7 Å². The Morgan fingerprint density at radius 3 is 2.70 bits per heavy atom. The van der Waals surface area contributed by atoms with Gasteiger partial charge in [0.2, 0.25) is 0 Å². The fourth-order valence-electron chi connectivity index (χ4n) is 3.51. The molecule has 0 N–H and O–H groups in total. The van der Waals surface area contributed by atoms with Crippen molar-refractivity contribution in [3.63, 3.8) is 0 Å². The number of likely N-dealkylation sites (tertiary alicyclic amines) is 1. The minimum absolute atomic E-state index is 0.0332. The van der Waals surface area contributed by atoms with Gasteiger partial charge in [0.05, 0.1) is 11.1 Å². The molecule has 1 amide bonds. The molecule has 1 aromatic heterocycles. The molecule has 5 nitrogen and oxygen atoms in total. The lowest BCUT2D eigenvalue weighted by atomic mass is 9.95. The molecule has 3 rings (SSSR count). The molecule has 9 heteroatoms. The third-order valence-corrected chi connectivity index (χ3v) is 5.45. The van der Waals surface area contributed by atoms with Gasteiger partial charge in [0.15, 0.2) is 5.16 Å². The monoisotopic (exact) mass is 398 g/mol. The highest BCUT2D eigenvalue weighted by atomic mass is 32.2. The van der Waals surface area contributed by atoms with Gasteiger partial charge in [-0.15, -0.1) is 10.2 Å². The molecule has 1 atom stereocenters. The molecule has 27 heavy (non-hydrogen) atoms. The number of carbonyl (C=O) groups excluding carboxylic acids is 1. The normalized spacial score (nSPS) is 18.0. The lowest BCUT2D eigenvalue weighted by molar-refractivity contribution is -0.138. The number of piperidine rings is 1. The lowest BCUT2D eigenvalue weighted by Gasteiger charge is -2.33. The highest BCUT2D eigenvalue weighted by Crippen LogP contribution is 2.34. The first kappa shape index (κ1) is 19.7. The number of nitrogens with zero attached hydrogens (tertiary/aromatic N) is 4. The van der Waals surface area contributed by atoms with Crippen molar-refractivity contribution in [3.05, 3.63) is 41.2 Å². The van der Waals surface area contributed by atoms with Gasteiger partial charge < -0.3 is 9.47 Å². The van der Waals surface area contributed by atoms with Gasteiger partial charge in [-0.05, 0) is 38.2 Å². The third-order valence-electron chi connectivity index (χ3n) is 4.78. The predicted molar refractivity (Wildman–Crippen MR) is 96.8 cm³/mol. The topological polar surface area (TPSA) is 51.0 Å². The summed E-state index contributed by atoms with van der Waals surface area (Å²) in [5.74, 6) is 0.179. The van der Waals surface area contributed by atoms with E-state index in [2.05, 4.69) is 10.2 Å². The van der Waals surface area contributed by atoms with Gasteiger partial charge in [0, 0.05) is 25.6 Å². The maximum atomic E-state index is 13.3. The van der Waals surface area contributed by atoms with Crippen molar-refractivity contribution < 1.29 is 18.0 Å². The summed E-state index contributed by atoms with van der Waals surface area (Å²) in [4.78, 5) is 14.3. The highest BCUT2D eigenvalue weighted by molar-refractivity contribution is 7.98. The minimum Gasteiger partial charge on any atom is -0.338 e. The van der Waals surface area contributed by atoms with Gasteiger partial charge in [-0.1, -0.05) is 23.9 Å². The zero-order valence-electron chi connectivity index (χ0n) is 15.2. The molecule has 1 saturated heterocycles. The van der Waals surface area contributed by atoms with E-state index < -0.39 is 17.6 Å². The molecule has 1 aliphatic rings. The average molecular weight is 398 g/mol. The van der Waals surface area contributed by atoms with Crippen molar-refractivity contribution in [1.82, 2.24) is 19.7 Å². The Kier molecular flexibility index (Phi) is 5.78. The highest BCUT2D eigenvalue weighted by Gasteiger charge is 2.37. The summed E-state index contributed by atoms with van der Waals surface area (Å²) in [5, 5.41) is 9.26. The number of hydrogen-bond donors (Lipinski definition) is 0. The molecule has 0 radical (unpaired) electrons. The Balaban J connectivity index is 1.85. The molecule has 0 saturated carbocycles. The molecule has 0 bridgehead atoms. The van der Waals surface area contributed by atoms with Crippen LogP contribution in [0.2, 0.25) is 0 Å². The van der Waals surface area contributed by atoms with E-state index in [4.69, 9.17) is 0 Å². The Morgan fingerprint density at radius 2 is 2.04 bits per heavy atom. The number of aromatic nitrogens is 3. The second-order valence-corrected chi connectivity index (χ2v) is 7.20. The predicted octanol–water partition coefficient (Wildman–Crippen LogP) is 4.06. The fourth-order valence-corrected chi connectivity index (χ4v) is 4.08. The van der Waals surface area contributed by atoms with E-state index in [0.29, 0.717) is 19.6 Å². The fraction of sp³-hybridized carbons (Fsp3) is 0.500. The number of thioether (sulfide) groups is 1. The molecule has 2 heterocycles. The average Bonchev–Trinajstić information content (AvgIpc) is 3.10. The lowest BCUT2D eigenvalue weighted by Crippen LogP contribution is -2.40. The van der Waals surface area contributed by atoms with E-state index in [1.54, 1.807) is 0 Å². The summed E-state index contributed by atoms with van der Waals surface area (Å²) in [7, 11) is 0. The quantitative estimate of drug-likeness (QED) is 0.729. The molecular weight excluding hydrogens is 377 g/mol. The van der Waals surface area contributed by atoms with E-state index in [9.17, 15) is 18.0 Å². The molecule has 1 fully saturated rings. The summed E-state index contributed by atoms with van der Waals surface area (Å²) in [6.07, 6.45) is -1.09. The van der Waals surface area contributed by atoms with Crippen LogP contribution in [0.1, 0.15) is 47.4 Å². The van der Waals surface area contributed by atoms with Crippen LogP contribution in [0.15, 0.2) is 29.4 Å². The van der Waals surface area contributed by atoms with Crippen LogP contribution in [0.25, 0.3) is 0 Å². The van der Waals surface area contributed by atoms with Gasteiger partial charge in [0.1, 0.15) is 5.82 Å². The molecule has 1 aliphatic heterocycles. The van der Waals surface area contributed by atoms with Gasteiger partial charge in [-0.3, -0.25) is 4.79 Å². The zero-order valence-corrected chi connectivity index (χ0v) is 16.0. The molecule has 146 valence electrons. The van der Waals surface area contributed by atoms with Gasteiger partial charge in [0.25, 0.3) is 5.91 Å². The molecular formula is C18H21F3N4OS. The summed E-state index contributed by atoms with van der Waals surface area (Å²) in [5.41, 5.74) is -1.19. The molecule has 1 aromatic carbocycles. The zero-order chi connectivity index (χ0) is 19.6. The van der Waals surface area contributed by atoms with E-state index in [1.807, 2.05) is 17.7 Å². The molecule has 2 aromatic rings. The van der Waals surface area contributed by atoms with E-state index in [1.165, 1.54) is 34.9 Å². The maximum Gasteiger partial charge on any atom is 0.417 e. The van der Waals surface area contributed by atoms with Gasteiger partial charge in [-0.25, -0.2) is 0 Å². The van der Waals surface area contributed by atoms with Crippen molar-refractivity contribution >= 4 is 17.7 Å². The van der Waals surface area contributed by atoms with Crippen LogP contribution >= 0.6 is 11.8 Å². The first-order chi connectivity index (χ1) is 12.9. The number of benzene rings is 1. The van der Waals surface area contributed by atoms with Crippen molar-refractivity contribution in [2.45, 2.75) is 43.6 Å². The standard InChI is InChI=1S/C18H21F3N4OS/c1-3-25-15(22-23-17(25)27-2)12-7-6-10-24(11-12)16(26)13-8-4-5-9-14(13)18(19,20)21/h4-5,8-9,12H,3,6-7,10-11H2,1-2H3/t12-/m0/s1. The van der Waals surface area contributed by atoms with Crippen LogP contribution in [0.3, 0.4) is 0 Å². The summed E-state index contributed by atoms with van der Waals surface area (Å²) >= 11 is 1.50. The SMILES string of the molecule is CCn1c(SC)nnc1[C@H]1CCCN(C(=O)c2ccccc2C(F)(F)F)C1. The number of amides is 1. The Labute approximate surface area is 160 Å². The van der Waals surface area contributed by atoms with Crippen molar-refractivity contribution in [1.29, 1.82) is 0 Å². The van der Waals surface area contributed by atoms with Crippen LogP contribution in [0.4, 0.5) is 13.2 Å². The maximum absolute atomic E-state index is 13.3. The van der Waals surface area contributed by atoms with Gasteiger partial charge >= 0.3 is 6.18 Å². The summed E-state index contributed by atoms with van der Waals surface area (Å²) < 4.78 is 41.8. The first-order valence-corrected chi connectivity index (χ1v) is 10.0. The number of rotatable bonds is 4. The Hall–Kier alpha value is -2.03. The summed E-state index contributed by atoms with van der Waals surface area (Å²) in [6.45, 7) is 3.49. The molecule has 0 aliphatic carbocycles. The van der Waals surface area contributed by atoms with Crippen LogP contribution in [0.5, 0.6) is 0 Å². The van der Waals surface area contributed by atoms with E-state index >= 15 is 0 Å². The van der Waals surface area contributed by atoms with Gasteiger partial charge in [-0.2, -0.15) is 13.2 Å². The third kappa shape index (κ3) is 3.97. The minimum atomic E-state index is -4.56. The van der Waals surface area contributed by atoms with E-state index in [0.717, 1.165) is 29.9 Å². The Morgan fingerprint density at radius 1 is 1.30 bits per heavy atom. The number of hydrogen-bond acceptors (Lipinski definition) is 4. The van der Waals surface area contributed by atoms with Crippen molar-refractivity contribution in [2.24, 2.45) is 0 Å². The van der Waals surface area contributed by atoms with E-state index in [-0.39, 0.29) is 11.5 Å². The number of carbonyl (C=O) groups is 1. The first-order valence-electron chi connectivity index (χ1n) is 8.79. The number of alkyl halides is 3. The molecule has 0 spiro atoms. The smallest absolute Gasteiger partial charge is 0.338 e. The Bertz CT molecular complexity index is 821. The van der Waals surface area contributed by atoms with Crippen molar-refractivity contribution in [2.75, 3.05) is 19.3 Å². The van der Waals surface area contributed by atoms with Crippen LogP contribution < -0.4 is 0 Å². The largest absolute Gasteiger partial charge is 0.417 e. The second-order valence-electron chi connectivity index (χ2n) is 6.42.